The van der Waals surface area contributed by atoms with Gasteiger partial charge in [-0.15, -0.1) is 11.8 Å². The smallest absolute Gasteiger partial charge is 0.274 e. The van der Waals surface area contributed by atoms with Crippen LogP contribution in [-0.4, -0.2) is 46.3 Å². The van der Waals surface area contributed by atoms with Crippen LogP contribution in [0.1, 0.15) is 10.5 Å². The molecule has 0 radical (unpaired) electrons. The van der Waals surface area contributed by atoms with E-state index in [4.69, 9.17) is 0 Å². The van der Waals surface area contributed by atoms with Crippen LogP contribution in [0.5, 0.6) is 0 Å². The van der Waals surface area contributed by atoms with Crippen LogP contribution in [0, 0.1) is 0 Å². The number of likely N-dealkylation sites (N-methyl/N-ethyl adjacent to an activating group) is 1. The summed E-state index contributed by atoms with van der Waals surface area (Å²) in [5.41, 5.74) is 0.984. The molecule has 0 saturated heterocycles. The van der Waals surface area contributed by atoms with Gasteiger partial charge in [-0.25, -0.2) is 0 Å². The molecule has 0 spiro atoms. The summed E-state index contributed by atoms with van der Waals surface area (Å²) in [5, 5.41) is 6.98. The number of amides is 2. The number of rotatable bonds is 6. The zero-order chi connectivity index (χ0) is 20.8. The Hall–Kier alpha value is -3.39. The topological polar surface area (TPSA) is 84.3 Å². The van der Waals surface area contributed by atoms with Gasteiger partial charge in [0, 0.05) is 18.0 Å². The van der Waals surface area contributed by atoms with E-state index in [0.29, 0.717) is 11.4 Å². The number of aromatic nitrogens is 2. The molecule has 7 nitrogen and oxygen atoms in total. The van der Waals surface area contributed by atoms with Crippen LogP contribution in [0.4, 0.5) is 5.69 Å². The van der Waals surface area contributed by atoms with E-state index in [1.807, 2.05) is 36.6 Å². The van der Waals surface area contributed by atoms with Crippen molar-refractivity contribution in [2.45, 2.75) is 4.90 Å². The molecule has 0 saturated carbocycles. The third kappa shape index (κ3) is 4.91. The number of hydrogen-bond acceptors (Lipinski definition) is 5. The predicted octanol–water partition coefficient (Wildman–Crippen LogP) is 2.67. The fourth-order valence-electron chi connectivity index (χ4n) is 2.70. The average Bonchev–Trinajstić information content (AvgIpc) is 2.74. The molecule has 3 aromatic rings. The summed E-state index contributed by atoms with van der Waals surface area (Å²) < 4.78 is 1.16. The standard InChI is InChI=1S/C21H20N4O3S/c1-24(14-19(26)22-16-10-6-7-11-18(16)29-2)21(28)17-12-13-20(27)25(23-17)15-8-4-3-5-9-15/h3-13H,14H2,1-2H3,(H,22,26). The fourth-order valence-corrected chi connectivity index (χ4v) is 3.25. The monoisotopic (exact) mass is 408 g/mol. The molecular weight excluding hydrogens is 388 g/mol. The van der Waals surface area contributed by atoms with Gasteiger partial charge in [-0.3, -0.25) is 14.4 Å². The van der Waals surface area contributed by atoms with E-state index in [-0.39, 0.29) is 23.7 Å². The lowest BCUT2D eigenvalue weighted by Gasteiger charge is -2.17. The van der Waals surface area contributed by atoms with Gasteiger partial charge >= 0.3 is 0 Å². The van der Waals surface area contributed by atoms with Gasteiger partial charge in [-0.1, -0.05) is 30.3 Å². The summed E-state index contributed by atoms with van der Waals surface area (Å²) >= 11 is 1.52. The first kappa shape index (κ1) is 20.3. The maximum absolute atomic E-state index is 12.7. The van der Waals surface area contributed by atoms with Gasteiger partial charge in [-0.05, 0) is 36.6 Å². The lowest BCUT2D eigenvalue weighted by atomic mass is 10.3. The SMILES string of the molecule is CSc1ccccc1NC(=O)CN(C)C(=O)c1ccc(=O)n(-c2ccccc2)n1. The molecule has 0 bridgehead atoms. The van der Waals surface area contributed by atoms with Crippen molar-refractivity contribution in [2.24, 2.45) is 0 Å². The maximum atomic E-state index is 12.7. The van der Waals surface area contributed by atoms with Gasteiger partial charge in [0.05, 0.1) is 17.9 Å². The van der Waals surface area contributed by atoms with Gasteiger partial charge in [-0.2, -0.15) is 9.78 Å². The molecule has 29 heavy (non-hydrogen) atoms. The van der Waals surface area contributed by atoms with Crippen LogP contribution in [0.25, 0.3) is 5.69 Å². The summed E-state index contributed by atoms with van der Waals surface area (Å²) in [4.78, 5) is 39.4. The minimum Gasteiger partial charge on any atom is -0.331 e. The van der Waals surface area contributed by atoms with E-state index >= 15 is 0 Å². The number of benzene rings is 2. The van der Waals surface area contributed by atoms with Gasteiger partial charge in [0.1, 0.15) is 5.69 Å². The van der Waals surface area contributed by atoms with Gasteiger partial charge in [0.25, 0.3) is 11.5 Å². The maximum Gasteiger partial charge on any atom is 0.274 e. The van der Waals surface area contributed by atoms with Crippen molar-refractivity contribution in [1.29, 1.82) is 0 Å². The molecule has 0 fully saturated rings. The van der Waals surface area contributed by atoms with Crippen molar-refractivity contribution in [2.75, 3.05) is 25.2 Å². The zero-order valence-corrected chi connectivity index (χ0v) is 16.8. The molecule has 2 amide bonds. The minimum atomic E-state index is -0.456. The van der Waals surface area contributed by atoms with Crippen LogP contribution in [0.15, 0.2) is 76.4 Å². The third-order valence-corrected chi connectivity index (χ3v) is 4.92. The van der Waals surface area contributed by atoms with E-state index in [1.54, 1.807) is 24.3 Å². The van der Waals surface area contributed by atoms with Gasteiger partial charge < -0.3 is 10.2 Å². The first-order valence-corrected chi connectivity index (χ1v) is 10.1. The van der Waals surface area contributed by atoms with Crippen molar-refractivity contribution < 1.29 is 9.59 Å². The molecule has 3 rings (SSSR count). The zero-order valence-electron chi connectivity index (χ0n) is 16.0. The number of anilines is 1. The molecule has 1 aromatic heterocycles. The Morgan fingerprint density at radius 3 is 2.45 bits per heavy atom. The van der Waals surface area contributed by atoms with Crippen molar-refractivity contribution in [3.8, 4) is 5.69 Å². The second kappa shape index (κ2) is 9.20. The molecule has 0 aliphatic carbocycles. The van der Waals surface area contributed by atoms with Crippen molar-refractivity contribution >= 4 is 29.3 Å². The highest BCUT2D eigenvalue weighted by molar-refractivity contribution is 7.98. The molecule has 0 atom stereocenters. The molecule has 0 aliphatic heterocycles. The second-order valence-corrected chi connectivity index (χ2v) is 7.06. The summed E-state index contributed by atoms with van der Waals surface area (Å²) in [7, 11) is 1.52. The molecule has 0 aliphatic rings. The van der Waals surface area contributed by atoms with Crippen LogP contribution in [0.2, 0.25) is 0 Å². The van der Waals surface area contributed by atoms with Crippen molar-refractivity contribution in [3.05, 3.63) is 82.8 Å². The van der Waals surface area contributed by atoms with Gasteiger partial charge in [0.2, 0.25) is 5.91 Å². The summed E-state index contributed by atoms with van der Waals surface area (Å²) in [5.74, 6) is -0.776. The Labute approximate surface area is 172 Å². The highest BCUT2D eigenvalue weighted by atomic mass is 32.2. The third-order valence-electron chi connectivity index (χ3n) is 4.13. The van der Waals surface area contributed by atoms with Crippen LogP contribution >= 0.6 is 11.8 Å². The lowest BCUT2D eigenvalue weighted by molar-refractivity contribution is -0.116. The molecule has 2 aromatic carbocycles. The lowest BCUT2D eigenvalue weighted by Crippen LogP contribution is -2.36. The van der Waals surface area contributed by atoms with E-state index in [0.717, 1.165) is 9.58 Å². The number of nitrogens with zero attached hydrogens (tertiary/aromatic N) is 3. The van der Waals surface area contributed by atoms with Crippen molar-refractivity contribution in [3.63, 3.8) is 0 Å². The first-order chi connectivity index (χ1) is 14.0. The summed E-state index contributed by atoms with van der Waals surface area (Å²) in [6, 6.07) is 18.9. The molecule has 1 N–H and O–H groups in total. The Morgan fingerprint density at radius 1 is 1.03 bits per heavy atom. The summed E-state index contributed by atoms with van der Waals surface area (Å²) in [6.07, 6.45) is 1.92. The fraction of sp³-hybridized carbons (Fsp3) is 0.143. The predicted molar refractivity (Wildman–Crippen MR) is 114 cm³/mol. The molecule has 8 heteroatoms. The number of hydrogen-bond donors (Lipinski definition) is 1. The molecule has 0 unspecified atom stereocenters. The van der Waals surface area contributed by atoms with E-state index in [2.05, 4.69) is 10.4 Å². The second-order valence-electron chi connectivity index (χ2n) is 6.21. The Kier molecular flexibility index (Phi) is 6.46. The largest absolute Gasteiger partial charge is 0.331 e. The number of thioether (sulfide) groups is 1. The first-order valence-electron chi connectivity index (χ1n) is 8.83. The average molecular weight is 408 g/mol. The van der Waals surface area contributed by atoms with E-state index < -0.39 is 5.91 Å². The van der Waals surface area contributed by atoms with E-state index in [1.165, 1.54) is 35.8 Å². The highest BCUT2D eigenvalue weighted by Gasteiger charge is 2.18. The van der Waals surface area contributed by atoms with E-state index in [9.17, 15) is 14.4 Å². The number of carbonyl (C=O) groups excluding carboxylic acids is 2. The Balaban J connectivity index is 1.73. The van der Waals surface area contributed by atoms with Gasteiger partial charge in [0.15, 0.2) is 0 Å². The van der Waals surface area contributed by atoms with Crippen LogP contribution in [-0.2, 0) is 4.79 Å². The minimum absolute atomic E-state index is 0.0771. The molecular formula is C21H20N4O3S. The van der Waals surface area contributed by atoms with Crippen LogP contribution in [0.3, 0.4) is 0 Å². The van der Waals surface area contributed by atoms with Crippen molar-refractivity contribution in [1.82, 2.24) is 14.7 Å². The quantitative estimate of drug-likeness (QED) is 0.634. The Bertz CT molecular complexity index is 1080. The normalized spacial score (nSPS) is 10.4. The number of carbonyl (C=O) groups is 2. The highest BCUT2D eigenvalue weighted by Crippen LogP contribution is 2.24. The number of para-hydroxylation sites is 2. The number of nitrogens with one attached hydrogen (secondary N) is 1. The Morgan fingerprint density at radius 2 is 1.72 bits per heavy atom. The molecule has 148 valence electrons. The van der Waals surface area contributed by atoms with Crippen LogP contribution < -0.4 is 10.9 Å². The molecule has 1 heterocycles. The summed E-state index contributed by atoms with van der Waals surface area (Å²) in [6.45, 7) is -0.145.